The third-order valence-corrected chi connectivity index (χ3v) is 6.33. The number of carbonyl (C=O) groups excluding carboxylic acids is 1. The van der Waals surface area contributed by atoms with E-state index in [2.05, 4.69) is 38.3 Å². The van der Waals surface area contributed by atoms with Crippen molar-refractivity contribution in [3.63, 3.8) is 0 Å². The molecule has 0 aliphatic rings. The molecule has 0 spiro atoms. The van der Waals surface area contributed by atoms with E-state index in [0.717, 1.165) is 64.1 Å². The zero-order chi connectivity index (χ0) is 28.3. The smallest absolute Gasteiger partial charge is 0.320 e. The van der Waals surface area contributed by atoms with Crippen LogP contribution in [-0.4, -0.2) is 53.8 Å². The van der Waals surface area contributed by atoms with E-state index in [-0.39, 0.29) is 12.6 Å². The van der Waals surface area contributed by atoms with Gasteiger partial charge in [0.2, 0.25) is 5.89 Å². The largest absolute Gasteiger partial charge is 0.493 e. The SMILES string of the molecule is Cc1c(OCCCNCC=O)cccc1-c1cccc(-c2nnc(Nc3cccc(CNCC(=O)O)c3)o2)c1C. The normalized spacial score (nSPS) is 10.8. The van der Waals surface area contributed by atoms with Crippen LogP contribution in [0.15, 0.2) is 65.1 Å². The second-order valence-electron chi connectivity index (χ2n) is 9.21. The van der Waals surface area contributed by atoms with Crippen molar-refractivity contribution in [1.29, 1.82) is 0 Å². The van der Waals surface area contributed by atoms with Crippen molar-refractivity contribution in [2.75, 3.05) is 31.6 Å². The molecular weight excluding hydrogens is 510 g/mol. The fraction of sp³-hybridized carbons (Fsp3) is 0.267. The van der Waals surface area contributed by atoms with Gasteiger partial charge in [0.1, 0.15) is 12.0 Å². The number of aliphatic carboxylic acids is 1. The monoisotopic (exact) mass is 543 g/mol. The molecule has 0 atom stereocenters. The Morgan fingerprint density at radius 2 is 1.73 bits per heavy atom. The van der Waals surface area contributed by atoms with E-state index in [9.17, 15) is 9.59 Å². The summed E-state index contributed by atoms with van der Waals surface area (Å²) >= 11 is 0. The lowest BCUT2D eigenvalue weighted by molar-refractivity contribution is -0.136. The maximum Gasteiger partial charge on any atom is 0.320 e. The number of benzene rings is 3. The highest BCUT2D eigenvalue weighted by Crippen LogP contribution is 2.36. The first kappa shape index (κ1) is 28.5. The van der Waals surface area contributed by atoms with Crippen LogP contribution in [0.2, 0.25) is 0 Å². The molecule has 4 rings (SSSR count). The first-order valence-electron chi connectivity index (χ1n) is 13.1. The minimum atomic E-state index is -0.903. The predicted octanol–water partition coefficient (Wildman–Crippen LogP) is 4.50. The average molecular weight is 544 g/mol. The Morgan fingerprint density at radius 3 is 2.52 bits per heavy atom. The second kappa shape index (κ2) is 14.0. The quantitative estimate of drug-likeness (QED) is 0.125. The van der Waals surface area contributed by atoms with Gasteiger partial charge in [-0.1, -0.05) is 41.5 Å². The number of hydrogen-bond donors (Lipinski definition) is 4. The molecule has 40 heavy (non-hydrogen) atoms. The van der Waals surface area contributed by atoms with Gasteiger partial charge in [0, 0.05) is 17.8 Å². The molecular formula is C30H33N5O5. The van der Waals surface area contributed by atoms with Crippen LogP contribution in [0, 0.1) is 13.8 Å². The molecule has 4 N–H and O–H groups in total. The van der Waals surface area contributed by atoms with Crippen molar-refractivity contribution in [3.05, 3.63) is 77.4 Å². The van der Waals surface area contributed by atoms with Gasteiger partial charge in [-0.05, 0) is 78.9 Å². The third-order valence-electron chi connectivity index (χ3n) is 6.33. The van der Waals surface area contributed by atoms with E-state index in [4.69, 9.17) is 14.3 Å². The van der Waals surface area contributed by atoms with Crippen molar-refractivity contribution in [1.82, 2.24) is 20.8 Å². The van der Waals surface area contributed by atoms with Crippen molar-refractivity contribution >= 4 is 24.0 Å². The molecule has 208 valence electrons. The molecule has 0 bridgehead atoms. The Labute approximate surface area is 232 Å². The molecule has 0 aliphatic carbocycles. The Morgan fingerprint density at radius 1 is 0.975 bits per heavy atom. The number of carboxylic acids is 1. The van der Waals surface area contributed by atoms with Gasteiger partial charge < -0.3 is 35.0 Å². The average Bonchev–Trinajstić information content (AvgIpc) is 3.40. The molecule has 0 fully saturated rings. The molecule has 0 radical (unpaired) electrons. The first-order chi connectivity index (χ1) is 19.5. The lowest BCUT2D eigenvalue weighted by Crippen LogP contribution is -2.21. The van der Waals surface area contributed by atoms with Crippen LogP contribution >= 0.6 is 0 Å². The van der Waals surface area contributed by atoms with Crippen LogP contribution in [0.1, 0.15) is 23.1 Å². The fourth-order valence-corrected chi connectivity index (χ4v) is 4.34. The molecule has 10 heteroatoms. The summed E-state index contributed by atoms with van der Waals surface area (Å²) in [6, 6.07) is 19.8. The van der Waals surface area contributed by atoms with E-state index in [1.54, 1.807) is 0 Å². The molecule has 0 saturated heterocycles. The maximum absolute atomic E-state index is 10.7. The number of aromatic nitrogens is 2. The highest BCUT2D eigenvalue weighted by atomic mass is 16.5. The van der Waals surface area contributed by atoms with E-state index in [1.807, 2.05) is 62.4 Å². The summed E-state index contributed by atoms with van der Waals surface area (Å²) in [4.78, 5) is 21.2. The van der Waals surface area contributed by atoms with Crippen LogP contribution in [0.3, 0.4) is 0 Å². The first-order valence-corrected chi connectivity index (χ1v) is 13.1. The summed E-state index contributed by atoms with van der Waals surface area (Å²) in [6.45, 7) is 6.00. The predicted molar refractivity (Wildman–Crippen MR) is 153 cm³/mol. The Kier molecular flexibility index (Phi) is 9.98. The number of anilines is 2. The summed E-state index contributed by atoms with van der Waals surface area (Å²) in [5, 5.41) is 26.3. The molecule has 1 heterocycles. The van der Waals surface area contributed by atoms with Gasteiger partial charge in [-0.2, -0.15) is 0 Å². The van der Waals surface area contributed by atoms with E-state index in [1.165, 1.54) is 0 Å². The van der Waals surface area contributed by atoms with Gasteiger partial charge in [-0.15, -0.1) is 5.10 Å². The molecule has 0 amide bonds. The maximum atomic E-state index is 10.7. The molecule has 0 aliphatic heterocycles. The zero-order valence-electron chi connectivity index (χ0n) is 22.6. The molecule has 4 aromatic rings. The van der Waals surface area contributed by atoms with Crippen LogP contribution in [0.4, 0.5) is 11.7 Å². The van der Waals surface area contributed by atoms with Gasteiger partial charge in [0.25, 0.3) is 0 Å². The molecule has 3 aromatic carbocycles. The standard InChI is InChI=1S/C30H33N5O5/c1-20-24(25-10-5-12-27(21(25)2)39-16-6-13-31-14-15-36)9-4-11-26(20)29-34-35-30(40-29)33-23-8-3-7-22(17-23)18-32-19-28(37)38/h3-5,7-12,15,17,31-32H,6,13-14,16,18-19H2,1-2H3,(H,33,35)(H,37,38). The van der Waals surface area contributed by atoms with Crippen molar-refractivity contribution < 1.29 is 23.8 Å². The van der Waals surface area contributed by atoms with E-state index in [0.29, 0.717) is 25.6 Å². The number of carbonyl (C=O) groups is 2. The number of hydrogen-bond acceptors (Lipinski definition) is 9. The highest BCUT2D eigenvalue weighted by molar-refractivity contribution is 5.78. The second-order valence-corrected chi connectivity index (χ2v) is 9.21. The van der Waals surface area contributed by atoms with Gasteiger partial charge in [-0.3, -0.25) is 4.79 Å². The molecule has 0 saturated carbocycles. The summed E-state index contributed by atoms with van der Waals surface area (Å²) in [7, 11) is 0. The number of nitrogens with one attached hydrogen (secondary N) is 3. The van der Waals surface area contributed by atoms with Crippen molar-refractivity contribution in [2.45, 2.75) is 26.8 Å². The Bertz CT molecular complexity index is 1450. The van der Waals surface area contributed by atoms with Crippen LogP contribution in [0.5, 0.6) is 5.75 Å². The van der Waals surface area contributed by atoms with Gasteiger partial charge in [-0.25, -0.2) is 0 Å². The Hall–Kier alpha value is -4.54. The van der Waals surface area contributed by atoms with E-state index >= 15 is 0 Å². The number of rotatable bonds is 15. The van der Waals surface area contributed by atoms with E-state index < -0.39 is 5.97 Å². The van der Waals surface area contributed by atoms with Crippen LogP contribution in [-0.2, 0) is 16.1 Å². The number of ether oxygens (including phenoxy) is 1. The molecule has 1 aromatic heterocycles. The Balaban J connectivity index is 1.47. The highest BCUT2D eigenvalue weighted by Gasteiger charge is 2.16. The number of carboxylic acid groups (broad SMARTS) is 1. The lowest BCUT2D eigenvalue weighted by Gasteiger charge is -2.15. The van der Waals surface area contributed by atoms with Gasteiger partial charge in [0.15, 0.2) is 0 Å². The van der Waals surface area contributed by atoms with Crippen molar-refractivity contribution in [2.24, 2.45) is 0 Å². The summed E-state index contributed by atoms with van der Waals surface area (Å²) < 4.78 is 12.0. The summed E-state index contributed by atoms with van der Waals surface area (Å²) in [5.41, 5.74) is 6.64. The summed E-state index contributed by atoms with van der Waals surface area (Å²) in [5.74, 6) is 0.316. The topological polar surface area (TPSA) is 139 Å². The minimum Gasteiger partial charge on any atom is -0.493 e. The fourth-order valence-electron chi connectivity index (χ4n) is 4.34. The molecule has 0 unspecified atom stereocenters. The molecule has 10 nitrogen and oxygen atoms in total. The van der Waals surface area contributed by atoms with Crippen LogP contribution < -0.4 is 20.7 Å². The third kappa shape index (κ3) is 7.52. The van der Waals surface area contributed by atoms with Crippen molar-refractivity contribution in [3.8, 4) is 28.3 Å². The van der Waals surface area contributed by atoms with Gasteiger partial charge in [0.05, 0.1) is 19.7 Å². The zero-order valence-corrected chi connectivity index (χ0v) is 22.6. The number of aldehydes is 1. The van der Waals surface area contributed by atoms with Gasteiger partial charge >= 0.3 is 12.0 Å². The van der Waals surface area contributed by atoms with Crippen LogP contribution in [0.25, 0.3) is 22.6 Å². The summed E-state index contributed by atoms with van der Waals surface area (Å²) in [6.07, 6.45) is 1.65. The number of nitrogens with zero attached hydrogens (tertiary/aromatic N) is 2. The minimum absolute atomic E-state index is 0.110. The lowest BCUT2D eigenvalue weighted by atomic mass is 9.93.